The average molecular weight is 265 g/mol. The third kappa shape index (κ3) is 5.02. The smallest absolute Gasteiger partial charge is 0.163 e. The monoisotopic (exact) mass is 265 g/mol. The minimum Gasteiger partial charge on any atom is -0.163 e. The largest absolute Gasteiger partial charge is 0.265 e. The Labute approximate surface area is 121 Å². The molecule has 1 saturated carbocycles. The van der Waals surface area contributed by atoms with Crippen LogP contribution in [0.4, 0.5) is 0 Å². The van der Waals surface area contributed by atoms with Crippen molar-refractivity contribution in [1.82, 2.24) is 0 Å². The van der Waals surface area contributed by atoms with Gasteiger partial charge in [-0.25, -0.2) is 0 Å². The Hall–Kier alpha value is -0.170. The number of rotatable bonds is 1. The van der Waals surface area contributed by atoms with Crippen molar-refractivity contribution in [3.63, 3.8) is 0 Å². The minimum absolute atomic E-state index is 1.33. The summed E-state index contributed by atoms with van der Waals surface area (Å²) in [5.74, 6) is 0. The van der Waals surface area contributed by atoms with Gasteiger partial charge in [0.05, 0.1) is 0 Å². The van der Waals surface area contributed by atoms with Crippen molar-refractivity contribution in [2.45, 2.75) is 89.9 Å². The summed E-state index contributed by atoms with van der Waals surface area (Å²) < 4.78 is 1.33. The van der Waals surface area contributed by atoms with Gasteiger partial charge in [0.15, 0.2) is 0 Å². The minimum atomic E-state index is 1.33. The SMILES string of the molecule is C[N+]1([C+]2CCCCCCCC2)CCCCCCCC1. The van der Waals surface area contributed by atoms with Gasteiger partial charge in [0.1, 0.15) is 33.0 Å². The van der Waals surface area contributed by atoms with Crippen molar-refractivity contribution in [3.8, 4) is 0 Å². The van der Waals surface area contributed by atoms with Gasteiger partial charge in [-0.05, 0) is 38.5 Å². The molecule has 2 rings (SSSR count). The van der Waals surface area contributed by atoms with Crippen molar-refractivity contribution in [2.24, 2.45) is 0 Å². The zero-order valence-electron chi connectivity index (χ0n) is 13.3. The Morgan fingerprint density at radius 2 is 0.895 bits per heavy atom. The Bertz CT molecular complexity index is 216. The van der Waals surface area contributed by atoms with E-state index in [1.54, 1.807) is 0 Å². The van der Waals surface area contributed by atoms with Crippen LogP contribution in [0, 0.1) is 6.04 Å². The van der Waals surface area contributed by atoms with E-state index in [2.05, 4.69) is 7.05 Å². The molecular formula is C18H35N+2. The predicted molar refractivity (Wildman–Crippen MR) is 83.8 cm³/mol. The molecule has 0 aromatic carbocycles. The fourth-order valence-corrected chi connectivity index (χ4v) is 4.09. The summed E-state index contributed by atoms with van der Waals surface area (Å²) in [5.41, 5.74) is 0. The van der Waals surface area contributed by atoms with Crippen molar-refractivity contribution in [2.75, 3.05) is 20.1 Å². The van der Waals surface area contributed by atoms with Gasteiger partial charge < -0.3 is 0 Å². The molecule has 1 nitrogen and oxygen atoms in total. The lowest BCUT2D eigenvalue weighted by Gasteiger charge is -2.31. The van der Waals surface area contributed by atoms with Crippen LogP contribution in [0.3, 0.4) is 0 Å². The summed E-state index contributed by atoms with van der Waals surface area (Å²) >= 11 is 0. The molecule has 1 aliphatic heterocycles. The topological polar surface area (TPSA) is 0 Å². The van der Waals surface area contributed by atoms with Crippen LogP contribution in [0.25, 0.3) is 0 Å². The highest BCUT2D eigenvalue weighted by Crippen LogP contribution is 2.33. The van der Waals surface area contributed by atoms with Gasteiger partial charge in [0.2, 0.25) is 0 Å². The van der Waals surface area contributed by atoms with E-state index in [1.165, 1.54) is 107 Å². The lowest BCUT2D eigenvalue weighted by atomic mass is 9.99. The maximum atomic E-state index is 2.55. The molecule has 0 spiro atoms. The molecule has 1 saturated heterocycles. The molecule has 1 heterocycles. The van der Waals surface area contributed by atoms with E-state index in [-0.39, 0.29) is 0 Å². The zero-order chi connectivity index (χ0) is 13.4. The summed E-state index contributed by atoms with van der Waals surface area (Å²) in [5, 5.41) is 0. The molecule has 0 aromatic heterocycles. The van der Waals surface area contributed by atoms with Crippen LogP contribution < -0.4 is 0 Å². The van der Waals surface area contributed by atoms with Crippen LogP contribution >= 0.6 is 0 Å². The number of hydrogen-bond acceptors (Lipinski definition) is 0. The maximum Gasteiger partial charge on any atom is 0.265 e. The van der Waals surface area contributed by atoms with Gasteiger partial charge in [-0.3, -0.25) is 0 Å². The van der Waals surface area contributed by atoms with Gasteiger partial charge in [-0.2, -0.15) is 4.48 Å². The van der Waals surface area contributed by atoms with Gasteiger partial charge in [-0.1, -0.05) is 25.7 Å². The fourth-order valence-electron chi connectivity index (χ4n) is 4.09. The first-order valence-corrected chi connectivity index (χ1v) is 9.01. The van der Waals surface area contributed by atoms with E-state index >= 15 is 0 Å². The van der Waals surface area contributed by atoms with Crippen LogP contribution in [0.1, 0.15) is 89.9 Å². The predicted octanol–water partition coefficient (Wildman–Crippen LogP) is 5.45. The summed E-state index contributed by atoms with van der Waals surface area (Å²) in [6, 6.07) is 1.91. The fraction of sp³-hybridized carbons (Fsp3) is 0.944. The number of hydrogen-bond donors (Lipinski definition) is 0. The molecule has 110 valence electrons. The summed E-state index contributed by atoms with van der Waals surface area (Å²) in [7, 11) is 2.55. The molecule has 2 aliphatic rings. The van der Waals surface area contributed by atoms with E-state index in [9.17, 15) is 0 Å². The van der Waals surface area contributed by atoms with Crippen molar-refractivity contribution < 1.29 is 4.48 Å². The summed E-state index contributed by atoms with van der Waals surface area (Å²) in [6.45, 7) is 2.85. The van der Waals surface area contributed by atoms with E-state index in [4.69, 9.17) is 0 Å². The Morgan fingerprint density at radius 1 is 0.526 bits per heavy atom. The molecule has 1 heteroatoms. The first-order chi connectivity index (χ1) is 9.31. The van der Waals surface area contributed by atoms with Crippen molar-refractivity contribution in [1.29, 1.82) is 0 Å². The standard InChI is InChI=1S/C18H35N/c1-19(16-12-8-4-5-9-13-17-19)18-14-10-6-2-3-7-11-15-18/h2-17H2,1H3/q+2. The lowest BCUT2D eigenvalue weighted by Crippen LogP contribution is -2.48. The van der Waals surface area contributed by atoms with Crippen LogP contribution in [0.2, 0.25) is 0 Å². The van der Waals surface area contributed by atoms with E-state index in [0.29, 0.717) is 0 Å². The molecule has 0 N–H and O–H groups in total. The Balaban J connectivity index is 1.95. The van der Waals surface area contributed by atoms with E-state index in [1.807, 2.05) is 6.04 Å². The third-order valence-corrected chi connectivity index (χ3v) is 5.50. The number of quaternary nitrogens is 1. The summed E-state index contributed by atoms with van der Waals surface area (Å²) in [4.78, 5) is 0. The lowest BCUT2D eigenvalue weighted by molar-refractivity contribution is -0.899. The summed E-state index contributed by atoms with van der Waals surface area (Å²) in [6.07, 6.45) is 20.5. The molecule has 0 amide bonds. The second kappa shape index (κ2) is 8.19. The van der Waals surface area contributed by atoms with Gasteiger partial charge in [0, 0.05) is 12.8 Å². The molecule has 0 radical (unpaired) electrons. The van der Waals surface area contributed by atoms with Crippen LogP contribution in [0.5, 0.6) is 0 Å². The van der Waals surface area contributed by atoms with Gasteiger partial charge in [0.25, 0.3) is 6.04 Å². The van der Waals surface area contributed by atoms with Crippen LogP contribution in [-0.4, -0.2) is 24.6 Å². The Kier molecular flexibility index (Phi) is 6.56. The van der Waals surface area contributed by atoms with Crippen molar-refractivity contribution >= 4 is 0 Å². The van der Waals surface area contributed by atoms with Gasteiger partial charge in [-0.15, -0.1) is 0 Å². The third-order valence-electron chi connectivity index (χ3n) is 5.50. The van der Waals surface area contributed by atoms with Crippen LogP contribution in [-0.2, 0) is 0 Å². The van der Waals surface area contributed by atoms with Gasteiger partial charge >= 0.3 is 0 Å². The molecule has 2 fully saturated rings. The normalized spacial score (nSPS) is 27.3. The average Bonchev–Trinajstić information content (AvgIpc) is 2.61. The highest BCUT2D eigenvalue weighted by Gasteiger charge is 2.42. The molecular weight excluding hydrogens is 230 g/mol. The molecule has 0 bridgehead atoms. The second-order valence-corrected chi connectivity index (χ2v) is 7.15. The Morgan fingerprint density at radius 3 is 1.37 bits per heavy atom. The highest BCUT2D eigenvalue weighted by molar-refractivity contribution is 4.81. The quantitative estimate of drug-likeness (QED) is 0.436. The van der Waals surface area contributed by atoms with Crippen LogP contribution in [0.15, 0.2) is 0 Å². The molecule has 19 heavy (non-hydrogen) atoms. The number of nitrogens with zero attached hydrogens (tertiary/aromatic N) is 1. The molecule has 0 atom stereocenters. The molecule has 1 aliphatic carbocycles. The zero-order valence-corrected chi connectivity index (χ0v) is 13.3. The molecule has 0 aromatic rings. The first-order valence-electron chi connectivity index (χ1n) is 9.01. The first kappa shape index (κ1) is 15.2. The highest BCUT2D eigenvalue weighted by atomic mass is 15.4. The van der Waals surface area contributed by atoms with E-state index < -0.39 is 0 Å². The van der Waals surface area contributed by atoms with Crippen molar-refractivity contribution in [3.05, 3.63) is 6.04 Å². The van der Waals surface area contributed by atoms with E-state index in [0.717, 1.165) is 0 Å². The maximum absolute atomic E-state index is 2.55. The molecule has 0 unspecified atom stereocenters. The second-order valence-electron chi connectivity index (χ2n) is 7.15.